The first-order chi connectivity index (χ1) is 9.20. The van der Waals surface area contributed by atoms with Crippen molar-refractivity contribution in [3.05, 3.63) is 34.3 Å². The molecule has 1 aromatic rings. The molecule has 1 aromatic carbocycles. The first kappa shape index (κ1) is 14.6. The number of halogens is 1. The lowest BCUT2D eigenvalue weighted by Gasteiger charge is -2.30. The van der Waals surface area contributed by atoms with Gasteiger partial charge in [0.05, 0.1) is 0 Å². The number of carbonyl (C=O) groups is 1. The molecule has 1 aliphatic carbocycles. The van der Waals surface area contributed by atoms with E-state index in [-0.39, 0.29) is 5.91 Å². The van der Waals surface area contributed by atoms with Gasteiger partial charge in [-0.15, -0.1) is 0 Å². The van der Waals surface area contributed by atoms with E-state index in [2.05, 4.69) is 28.2 Å². The fourth-order valence-electron chi connectivity index (χ4n) is 2.94. The zero-order valence-corrected chi connectivity index (χ0v) is 13.1. The van der Waals surface area contributed by atoms with E-state index >= 15 is 0 Å². The van der Waals surface area contributed by atoms with Gasteiger partial charge in [0.2, 0.25) is 0 Å². The summed E-state index contributed by atoms with van der Waals surface area (Å²) in [5, 5.41) is 3.22. The Labute approximate surface area is 124 Å². The van der Waals surface area contributed by atoms with Crippen LogP contribution in [0.1, 0.15) is 55.8 Å². The van der Waals surface area contributed by atoms with Crippen molar-refractivity contribution in [1.29, 1.82) is 0 Å². The molecule has 0 aliphatic heterocycles. The molecule has 0 bridgehead atoms. The van der Waals surface area contributed by atoms with Gasteiger partial charge >= 0.3 is 0 Å². The number of hydrogen-bond acceptors (Lipinski definition) is 1. The fraction of sp³-hybridized carbons (Fsp3) is 0.562. The van der Waals surface area contributed by atoms with Gasteiger partial charge in [0.15, 0.2) is 0 Å². The van der Waals surface area contributed by atoms with Gasteiger partial charge in [0.25, 0.3) is 5.91 Å². The number of carbonyl (C=O) groups excluding carboxylic acids is 1. The highest BCUT2D eigenvalue weighted by Gasteiger charge is 2.23. The second-order valence-corrected chi connectivity index (χ2v) is 6.31. The average molecular weight is 324 g/mol. The van der Waals surface area contributed by atoms with Crippen LogP contribution in [-0.4, -0.2) is 11.9 Å². The van der Waals surface area contributed by atoms with E-state index in [1.807, 2.05) is 24.3 Å². The normalized spacial score (nSPS) is 18.0. The summed E-state index contributed by atoms with van der Waals surface area (Å²) in [4.78, 5) is 12.2. The Morgan fingerprint density at radius 1 is 1.26 bits per heavy atom. The summed E-state index contributed by atoms with van der Waals surface area (Å²) in [6.07, 6.45) is 7.53. The quantitative estimate of drug-likeness (QED) is 0.866. The molecule has 0 aromatic heterocycles. The molecule has 1 fully saturated rings. The topological polar surface area (TPSA) is 29.1 Å². The van der Waals surface area contributed by atoms with Crippen molar-refractivity contribution in [3.8, 4) is 0 Å². The lowest BCUT2D eigenvalue weighted by Crippen LogP contribution is -2.40. The predicted molar refractivity (Wildman–Crippen MR) is 82.3 cm³/mol. The molecule has 2 rings (SSSR count). The summed E-state index contributed by atoms with van der Waals surface area (Å²) in [5.74, 6) is 0.725. The molecule has 3 heteroatoms. The highest BCUT2D eigenvalue weighted by Crippen LogP contribution is 2.27. The molecule has 1 N–H and O–H groups in total. The van der Waals surface area contributed by atoms with Crippen molar-refractivity contribution in [3.63, 3.8) is 0 Å². The lowest BCUT2D eigenvalue weighted by molar-refractivity contribution is 0.0911. The van der Waals surface area contributed by atoms with E-state index < -0.39 is 0 Å². The monoisotopic (exact) mass is 323 g/mol. The highest BCUT2D eigenvalue weighted by atomic mass is 79.9. The van der Waals surface area contributed by atoms with Gasteiger partial charge in [0.1, 0.15) is 0 Å². The van der Waals surface area contributed by atoms with Crippen molar-refractivity contribution in [1.82, 2.24) is 5.32 Å². The summed E-state index contributed by atoms with van der Waals surface area (Å²) in [6.45, 7) is 2.17. The molecular weight excluding hydrogens is 302 g/mol. The van der Waals surface area contributed by atoms with Crippen LogP contribution in [0.3, 0.4) is 0 Å². The second kappa shape index (κ2) is 7.09. The van der Waals surface area contributed by atoms with Crippen molar-refractivity contribution in [2.75, 3.05) is 0 Å². The van der Waals surface area contributed by atoms with E-state index in [1.165, 1.54) is 32.1 Å². The van der Waals surface area contributed by atoms with Crippen LogP contribution in [0.5, 0.6) is 0 Å². The van der Waals surface area contributed by atoms with Gasteiger partial charge < -0.3 is 5.32 Å². The zero-order chi connectivity index (χ0) is 13.7. The maximum Gasteiger partial charge on any atom is 0.251 e. The molecule has 0 heterocycles. The van der Waals surface area contributed by atoms with Gasteiger partial charge in [-0.2, -0.15) is 0 Å². The summed E-state index contributed by atoms with van der Waals surface area (Å²) >= 11 is 3.39. The fourth-order valence-corrected chi connectivity index (χ4v) is 3.21. The van der Waals surface area contributed by atoms with Gasteiger partial charge in [-0.25, -0.2) is 0 Å². The van der Waals surface area contributed by atoms with Crippen LogP contribution in [0.2, 0.25) is 0 Å². The number of amides is 1. The standard InChI is InChI=1S/C16H22BrNO/c1-2-15(12-6-4-3-5-7-12)18-16(19)13-8-10-14(17)11-9-13/h8-12,15H,2-7H2,1H3,(H,18,19). The number of rotatable bonds is 4. The van der Waals surface area contributed by atoms with Crippen LogP contribution < -0.4 is 5.32 Å². The SMILES string of the molecule is CCC(NC(=O)c1ccc(Br)cc1)C1CCCCC1. The van der Waals surface area contributed by atoms with Crippen LogP contribution in [0, 0.1) is 5.92 Å². The smallest absolute Gasteiger partial charge is 0.251 e. The van der Waals surface area contributed by atoms with E-state index in [1.54, 1.807) is 0 Å². The minimum atomic E-state index is 0.0601. The van der Waals surface area contributed by atoms with Crippen LogP contribution in [0.15, 0.2) is 28.7 Å². The van der Waals surface area contributed by atoms with Gasteiger partial charge in [-0.3, -0.25) is 4.79 Å². The summed E-state index contributed by atoms with van der Waals surface area (Å²) in [7, 11) is 0. The van der Waals surface area contributed by atoms with Crippen LogP contribution >= 0.6 is 15.9 Å². The highest BCUT2D eigenvalue weighted by molar-refractivity contribution is 9.10. The second-order valence-electron chi connectivity index (χ2n) is 5.39. The Morgan fingerprint density at radius 2 is 1.89 bits per heavy atom. The number of nitrogens with one attached hydrogen (secondary N) is 1. The molecule has 1 aliphatic rings. The van der Waals surface area contributed by atoms with Crippen molar-refractivity contribution < 1.29 is 4.79 Å². The van der Waals surface area contributed by atoms with Crippen molar-refractivity contribution in [2.45, 2.75) is 51.5 Å². The van der Waals surface area contributed by atoms with Crippen LogP contribution in [-0.2, 0) is 0 Å². The largest absolute Gasteiger partial charge is 0.349 e. The third-order valence-corrected chi connectivity index (χ3v) is 4.61. The Bertz CT molecular complexity index is 409. The molecule has 0 spiro atoms. The molecular formula is C16H22BrNO. The van der Waals surface area contributed by atoms with Gasteiger partial charge in [-0.05, 0) is 49.4 Å². The molecule has 1 saturated carbocycles. The first-order valence-electron chi connectivity index (χ1n) is 7.27. The van der Waals surface area contributed by atoms with E-state index in [4.69, 9.17) is 0 Å². The zero-order valence-electron chi connectivity index (χ0n) is 11.5. The Balaban J connectivity index is 1.97. The van der Waals surface area contributed by atoms with Crippen LogP contribution in [0.4, 0.5) is 0 Å². The molecule has 1 amide bonds. The summed E-state index contributed by atoms with van der Waals surface area (Å²) in [5.41, 5.74) is 0.748. The molecule has 2 nitrogen and oxygen atoms in total. The maximum absolute atomic E-state index is 12.2. The molecule has 19 heavy (non-hydrogen) atoms. The predicted octanol–water partition coefficient (Wildman–Crippen LogP) is 4.54. The Kier molecular flexibility index (Phi) is 5.44. The maximum atomic E-state index is 12.2. The lowest BCUT2D eigenvalue weighted by atomic mass is 9.83. The average Bonchev–Trinajstić information content (AvgIpc) is 2.46. The molecule has 0 saturated heterocycles. The van der Waals surface area contributed by atoms with Crippen molar-refractivity contribution in [2.24, 2.45) is 5.92 Å². The van der Waals surface area contributed by atoms with Gasteiger partial charge in [-0.1, -0.05) is 42.1 Å². The molecule has 0 radical (unpaired) electrons. The molecule has 1 unspecified atom stereocenters. The van der Waals surface area contributed by atoms with E-state index in [0.29, 0.717) is 12.0 Å². The Morgan fingerprint density at radius 3 is 2.47 bits per heavy atom. The number of benzene rings is 1. The Hall–Kier alpha value is -0.830. The number of hydrogen-bond donors (Lipinski definition) is 1. The van der Waals surface area contributed by atoms with E-state index in [0.717, 1.165) is 16.5 Å². The van der Waals surface area contributed by atoms with E-state index in [9.17, 15) is 4.79 Å². The van der Waals surface area contributed by atoms with Gasteiger partial charge in [0, 0.05) is 16.1 Å². The third kappa shape index (κ3) is 4.07. The molecule has 104 valence electrons. The summed E-state index contributed by atoms with van der Waals surface area (Å²) < 4.78 is 1.00. The molecule has 1 atom stereocenters. The first-order valence-corrected chi connectivity index (χ1v) is 8.06. The van der Waals surface area contributed by atoms with Crippen molar-refractivity contribution >= 4 is 21.8 Å². The summed E-state index contributed by atoms with van der Waals surface area (Å²) in [6, 6.07) is 7.89. The minimum Gasteiger partial charge on any atom is -0.349 e. The third-order valence-electron chi connectivity index (χ3n) is 4.08. The van der Waals surface area contributed by atoms with Crippen LogP contribution in [0.25, 0.3) is 0 Å². The minimum absolute atomic E-state index is 0.0601.